The normalized spacial score (nSPS) is 18.5. The van der Waals surface area contributed by atoms with Crippen LogP contribution in [-0.2, 0) is 21.4 Å². The van der Waals surface area contributed by atoms with Crippen LogP contribution in [0.15, 0.2) is 58.6 Å². The van der Waals surface area contributed by atoms with Crippen molar-refractivity contribution in [3.05, 3.63) is 54.2 Å². The van der Waals surface area contributed by atoms with E-state index in [1.165, 1.54) is 30.8 Å². The van der Waals surface area contributed by atoms with Gasteiger partial charge in [0.05, 0.1) is 10.8 Å². The molecule has 0 bridgehead atoms. The average molecular weight is 488 g/mol. The highest BCUT2D eigenvalue weighted by Gasteiger charge is 2.34. The molecule has 33 heavy (non-hydrogen) atoms. The van der Waals surface area contributed by atoms with E-state index < -0.39 is 10.0 Å². The zero-order valence-electron chi connectivity index (χ0n) is 19.2. The maximum atomic E-state index is 13.1. The largest absolute Gasteiger partial charge is 0.335 e. The lowest BCUT2D eigenvalue weighted by atomic mass is 10.1. The molecule has 2 fully saturated rings. The Bertz CT molecular complexity index is 1020. The van der Waals surface area contributed by atoms with E-state index in [9.17, 15) is 13.2 Å². The number of carbonyl (C=O) groups is 1. The van der Waals surface area contributed by atoms with E-state index >= 15 is 0 Å². The lowest BCUT2D eigenvalue weighted by molar-refractivity contribution is -0.131. The van der Waals surface area contributed by atoms with Gasteiger partial charge in [0.2, 0.25) is 15.9 Å². The molecule has 0 spiro atoms. The van der Waals surface area contributed by atoms with Gasteiger partial charge in [0.15, 0.2) is 0 Å². The zero-order valence-corrected chi connectivity index (χ0v) is 20.9. The van der Waals surface area contributed by atoms with Crippen LogP contribution >= 0.6 is 11.8 Å². The van der Waals surface area contributed by atoms with Crippen LogP contribution in [-0.4, -0.2) is 53.4 Å². The first kappa shape index (κ1) is 24.2. The molecular weight excluding hydrogens is 454 g/mol. The molecule has 8 heteroatoms. The third-order valence-electron chi connectivity index (χ3n) is 6.57. The molecule has 1 aliphatic carbocycles. The molecule has 178 valence electrons. The van der Waals surface area contributed by atoms with Crippen LogP contribution < -0.4 is 0 Å². The van der Waals surface area contributed by atoms with Gasteiger partial charge >= 0.3 is 0 Å². The summed E-state index contributed by atoms with van der Waals surface area (Å²) >= 11 is 1.36. The monoisotopic (exact) mass is 487 g/mol. The first-order valence-corrected chi connectivity index (χ1v) is 14.3. The van der Waals surface area contributed by atoms with Crippen LogP contribution in [0, 0.1) is 5.92 Å². The number of carbonyl (C=O) groups excluding carboxylic acids is 1. The summed E-state index contributed by atoms with van der Waals surface area (Å²) in [5.41, 5.74) is 1.13. The first-order valence-electron chi connectivity index (χ1n) is 11.9. The minimum absolute atomic E-state index is 0.0892. The van der Waals surface area contributed by atoms with Crippen LogP contribution in [0.2, 0.25) is 0 Å². The van der Waals surface area contributed by atoms with Gasteiger partial charge in [-0.15, -0.1) is 0 Å². The Morgan fingerprint density at radius 3 is 2.39 bits per heavy atom. The smallest absolute Gasteiger partial charge is 0.244 e. The number of benzene rings is 1. The van der Waals surface area contributed by atoms with Gasteiger partial charge in [-0.05, 0) is 56.2 Å². The molecule has 0 unspecified atom stereocenters. The van der Waals surface area contributed by atoms with Crippen molar-refractivity contribution in [2.45, 2.75) is 68.0 Å². The maximum absolute atomic E-state index is 13.1. The number of nitrogens with zero attached hydrogens (tertiary/aromatic N) is 3. The van der Waals surface area contributed by atoms with Crippen LogP contribution in [0.25, 0.3) is 0 Å². The number of sulfonamides is 1. The Kier molecular flexibility index (Phi) is 8.09. The molecule has 6 nitrogen and oxygen atoms in total. The van der Waals surface area contributed by atoms with Crippen LogP contribution in [0.1, 0.15) is 51.0 Å². The summed E-state index contributed by atoms with van der Waals surface area (Å²) in [6.07, 6.45) is 7.76. The van der Waals surface area contributed by atoms with Gasteiger partial charge in [0.25, 0.3) is 0 Å². The fourth-order valence-electron chi connectivity index (χ4n) is 4.33. The summed E-state index contributed by atoms with van der Waals surface area (Å²) in [6.45, 7) is 3.90. The fourth-order valence-corrected chi connectivity index (χ4v) is 6.52. The summed E-state index contributed by atoms with van der Waals surface area (Å²) < 4.78 is 27.5. The highest BCUT2D eigenvalue weighted by atomic mass is 32.2. The van der Waals surface area contributed by atoms with Gasteiger partial charge in [-0.25, -0.2) is 13.4 Å². The number of hydrogen-bond acceptors (Lipinski definition) is 5. The minimum Gasteiger partial charge on any atom is -0.335 e. The Morgan fingerprint density at radius 2 is 1.79 bits per heavy atom. The van der Waals surface area contributed by atoms with Crippen molar-refractivity contribution < 1.29 is 13.2 Å². The van der Waals surface area contributed by atoms with E-state index in [1.54, 1.807) is 16.4 Å². The van der Waals surface area contributed by atoms with Gasteiger partial charge in [0.1, 0.15) is 4.90 Å². The molecule has 1 aromatic heterocycles. The van der Waals surface area contributed by atoms with Gasteiger partial charge in [0, 0.05) is 31.9 Å². The predicted molar refractivity (Wildman–Crippen MR) is 131 cm³/mol. The summed E-state index contributed by atoms with van der Waals surface area (Å²) in [5, 5.41) is 0.664. The fraction of sp³-hybridized carbons (Fsp3) is 0.520. The lowest BCUT2D eigenvalue weighted by Gasteiger charge is -2.29. The average Bonchev–Trinajstić information content (AvgIpc) is 3.69. The number of thioether (sulfide) groups is 1. The minimum atomic E-state index is -3.51. The van der Waals surface area contributed by atoms with E-state index in [2.05, 4.69) is 24.0 Å². The topological polar surface area (TPSA) is 70.6 Å². The Hall–Kier alpha value is -1.90. The lowest BCUT2D eigenvalue weighted by Crippen LogP contribution is -2.40. The van der Waals surface area contributed by atoms with Crippen molar-refractivity contribution >= 4 is 27.7 Å². The summed E-state index contributed by atoms with van der Waals surface area (Å²) in [5.74, 6) is 0.963. The predicted octanol–water partition coefficient (Wildman–Crippen LogP) is 4.57. The Labute approximate surface area is 201 Å². The third kappa shape index (κ3) is 6.37. The van der Waals surface area contributed by atoms with E-state index in [-0.39, 0.29) is 22.6 Å². The first-order chi connectivity index (χ1) is 15.9. The Morgan fingerprint density at radius 1 is 1.09 bits per heavy atom. The van der Waals surface area contributed by atoms with Crippen molar-refractivity contribution in [2.75, 3.05) is 18.8 Å². The molecule has 2 aliphatic rings. The number of pyridine rings is 1. The van der Waals surface area contributed by atoms with E-state index in [4.69, 9.17) is 0 Å². The van der Waals surface area contributed by atoms with Crippen LogP contribution in [0.4, 0.5) is 0 Å². The number of amides is 1. The Balaban J connectivity index is 1.38. The van der Waals surface area contributed by atoms with Crippen molar-refractivity contribution in [2.24, 2.45) is 5.92 Å². The van der Waals surface area contributed by atoms with Crippen molar-refractivity contribution in [3.8, 4) is 0 Å². The molecule has 1 atom stereocenters. The highest BCUT2D eigenvalue weighted by Crippen LogP contribution is 2.36. The molecule has 1 aromatic carbocycles. The van der Waals surface area contributed by atoms with Crippen LogP contribution in [0.5, 0.6) is 0 Å². The standard InChI is InChI=1S/C25H33N3O3S2/c1-20(22-11-12-22)28(18-21-9-5-4-6-10-21)25(29)19-32-24-14-13-23(17-26-24)33(30,31)27-15-7-2-3-8-16-27/h4-6,9-10,13-14,17,20,22H,2-3,7-8,11-12,15-16,18-19H2,1H3/t20-/m0/s1. The highest BCUT2D eigenvalue weighted by molar-refractivity contribution is 7.99. The number of rotatable bonds is 9. The second-order valence-electron chi connectivity index (χ2n) is 9.02. The molecule has 2 heterocycles. The third-order valence-corrected chi connectivity index (χ3v) is 9.38. The van der Waals surface area contributed by atoms with Gasteiger partial charge in [-0.2, -0.15) is 4.31 Å². The number of aromatic nitrogens is 1. The molecule has 0 N–H and O–H groups in total. The van der Waals surface area contributed by atoms with Gasteiger partial charge in [-0.3, -0.25) is 4.79 Å². The maximum Gasteiger partial charge on any atom is 0.244 e. The molecule has 2 aromatic rings. The van der Waals surface area contributed by atoms with Gasteiger partial charge < -0.3 is 4.90 Å². The van der Waals surface area contributed by atoms with Crippen molar-refractivity contribution in [3.63, 3.8) is 0 Å². The molecule has 1 aliphatic heterocycles. The molecule has 4 rings (SSSR count). The quantitative estimate of drug-likeness (QED) is 0.485. The summed E-state index contributed by atoms with van der Waals surface area (Å²) in [4.78, 5) is 19.7. The summed E-state index contributed by atoms with van der Waals surface area (Å²) in [6, 6.07) is 13.6. The molecule has 1 saturated heterocycles. The number of hydrogen-bond donors (Lipinski definition) is 0. The van der Waals surface area contributed by atoms with E-state index in [0.717, 1.165) is 31.2 Å². The van der Waals surface area contributed by atoms with Gasteiger partial charge in [-0.1, -0.05) is 54.9 Å². The zero-order chi connectivity index (χ0) is 23.3. The second kappa shape index (κ2) is 11.0. The molecule has 1 amide bonds. The molecule has 0 radical (unpaired) electrons. The van der Waals surface area contributed by atoms with E-state index in [1.807, 2.05) is 23.1 Å². The SMILES string of the molecule is C[C@@H](C1CC1)N(Cc1ccccc1)C(=O)CSc1ccc(S(=O)(=O)N2CCCCCC2)cn1. The molecule has 1 saturated carbocycles. The van der Waals surface area contributed by atoms with Crippen molar-refractivity contribution in [1.82, 2.24) is 14.2 Å². The van der Waals surface area contributed by atoms with Crippen LogP contribution in [0.3, 0.4) is 0 Å². The van der Waals surface area contributed by atoms with E-state index in [0.29, 0.717) is 30.6 Å². The second-order valence-corrected chi connectivity index (χ2v) is 12.0. The molecular formula is C25H33N3O3S2. The summed E-state index contributed by atoms with van der Waals surface area (Å²) in [7, 11) is -3.51. The van der Waals surface area contributed by atoms with Crippen molar-refractivity contribution in [1.29, 1.82) is 0 Å².